The molecule has 0 saturated heterocycles. The topological polar surface area (TPSA) is 81.5 Å². The minimum atomic E-state index is -0.597. The molecule has 0 aliphatic carbocycles. The van der Waals surface area contributed by atoms with Crippen molar-refractivity contribution in [3.8, 4) is 16.3 Å². The molecule has 1 aromatic carbocycles. The first-order valence-corrected chi connectivity index (χ1v) is 10.1. The van der Waals surface area contributed by atoms with E-state index in [1.807, 2.05) is 38.3 Å². The van der Waals surface area contributed by atoms with Gasteiger partial charge in [-0.05, 0) is 50.4 Å². The van der Waals surface area contributed by atoms with E-state index in [9.17, 15) is 9.59 Å². The first-order chi connectivity index (χ1) is 13.8. The summed E-state index contributed by atoms with van der Waals surface area (Å²) in [6.45, 7) is 5.45. The second kappa shape index (κ2) is 7.08. The molecule has 0 bridgehead atoms. The van der Waals surface area contributed by atoms with Gasteiger partial charge in [0.15, 0.2) is 5.58 Å². The number of carbonyl (C=O) groups excluding carboxylic acids is 1. The molecule has 3 aromatic heterocycles. The Morgan fingerprint density at radius 3 is 2.69 bits per heavy atom. The highest BCUT2D eigenvalue weighted by Crippen LogP contribution is 2.34. The molecule has 0 radical (unpaired) electrons. The average molecular weight is 411 g/mol. The third-order valence-corrected chi connectivity index (χ3v) is 5.29. The van der Waals surface area contributed by atoms with Crippen molar-refractivity contribution in [3.63, 3.8) is 0 Å². The molecule has 29 heavy (non-hydrogen) atoms. The van der Waals surface area contributed by atoms with Crippen LogP contribution in [0.2, 0.25) is 0 Å². The van der Waals surface area contributed by atoms with Gasteiger partial charge in [0.2, 0.25) is 5.43 Å². The van der Waals surface area contributed by atoms with Gasteiger partial charge in [-0.15, -0.1) is 11.3 Å². The predicted molar refractivity (Wildman–Crippen MR) is 114 cm³/mol. The number of carbonyl (C=O) groups is 1. The van der Waals surface area contributed by atoms with Gasteiger partial charge in [0.25, 0.3) is 0 Å². The number of hydrogen-bond donors (Lipinski definition) is 1. The number of esters is 1. The lowest BCUT2D eigenvalue weighted by molar-refractivity contribution is -0.153. The lowest BCUT2D eigenvalue weighted by Crippen LogP contribution is -2.25. The fraction of sp³-hybridized carbons (Fsp3) is 0.273. The summed E-state index contributed by atoms with van der Waals surface area (Å²) >= 11 is 1.50. The molecule has 4 aromatic rings. The largest absolute Gasteiger partial charge is 0.497 e. The molecule has 0 atom stereocenters. The van der Waals surface area contributed by atoms with Gasteiger partial charge < -0.3 is 18.9 Å². The van der Waals surface area contributed by atoms with Crippen LogP contribution in [-0.4, -0.2) is 23.7 Å². The van der Waals surface area contributed by atoms with Gasteiger partial charge in [0, 0.05) is 0 Å². The van der Waals surface area contributed by atoms with E-state index in [0.29, 0.717) is 39.1 Å². The summed E-state index contributed by atoms with van der Waals surface area (Å²) < 4.78 is 16.8. The zero-order valence-electron chi connectivity index (χ0n) is 16.6. The monoisotopic (exact) mass is 411 g/mol. The minimum absolute atomic E-state index is 0.0241. The van der Waals surface area contributed by atoms with Crippen molar-refractivity contribution in [1.82, 2.24) is 4.98 Å². The van der Waals surface area contributed by atoms with Crippen molar-refractivity contribution in [2.45, 2.75) is 32.8 Å². The number of thiophene rings is 1. The van der Waals surface area contributed by atoms with E-state index in [1.165, 1.54) is 11.3 Å². The summed E-state index contributed by atoms with van der Waals surface area (Å²) in [5, 5.41) is 2.78. The first kappa shape index (κ1) is 19.3. The normalized spacial score (nSPS) is 11.9. The van der Waals surface area contributed by atoms with E-state index in [4.69, 9.17) is 13.9 Å². The lowest BCUT2D eigenvalue weighted by Gasteiger charge is -2.19. The van der Waals surface area contributed by atoms with Crippen LogP contribution in [0.15, 0.2) is 44.9 Å². The highest BCUT2D eigenvalue weighted by Gasteiger charge is 2.24. The number of hydrogen-bond acceptors (Lipinski definition) is 6. The quantitative estimate of drug-likeness (QED) is 0.483. The van der Waals surface area contributed by atoms with Crippen molar-refractivity contribution in [1.29, 1.82) is 0 Å². The zero-order chi connectivity index (χ0) is 20.8. The van der Waals surface area contributed by atoms with Crippen LogP contribution in [0.1, 0.15) is 26.5 Å². The summed E-state index contributed by atoms with van der Waals surface area (Å²) in [7, 11) is 1.55. The fourth-order valence-electron chi connectivity index (χ4n) is 3.26. The van der Waals surface area contributed by atoms with Crippen LogP contribution < -0.4 is 10.2 Å². The molecule has 0 saturated carbocycles. The van der Waals surface area contributed by atoms with Gasteiger partial charge >= 0.3 is 5.97 Å². The molecule has 0 spiro atoms. The highest BCUT2D eigenvalue weighted by molar-refractivity contribution is 7.13. The number of fused-ring (bicyclic) bond motifs is 2. The van der Waals surface area contributed by atoms with E-state index in [2.05, 4.69) is 4.98 Å². The molecule has 6 nitrogen and oxygen atoms in total. The third-order valence-electron chi connectivity index (χ3n) is 4.41. The number of methoxy groups -OCH3 is 1. The van der Waals surface area contributed by atoms with Gasteiger partial charge in [0.05, 0.1) is 40.6 Å². The van der Waals surface area contributed by atoms with Crippen LogP contribution in [0.4, 0.5) is 0 Å². The van der Waals surface area contributed by atoms with Gasteiger partial charge in [-0.1, -0.05) is 6.07 Å². The Balaban J connectivity index is 1.95. The van der Waals surface area contributed by atoms with E-state index in [0.717, 1.165) is 4.88 Å². The number of aromatic amines is 1. The summed E-state index contributed by atoms with van der Waals surface area (Å²) in [6, 6.07) is 8.93. The number of ether oxygens (including phenoxy) is 2. The molecule has 0 unspecified atom stereocenters. The number of benzene rings is 1. The first-order valence-electron chi connectivity index (χ1n) is 9.18. The van der Waals surface area contributed by atoms with Crippen molar-refractivity contribution >= 4 is 39.2 Å². The van der Waals surface area contributed by atoms with Crippen LogP contribution in [0, 0.1) is 0 Å². The summed E-state index contributed by atoms with van der Waals surface area (Å²) in [5.41, 5.74) is 1.21. The average Bonchev–Trinajstić information content (AvgIpc) is 3.29. The Morgan fingerprint density at radius 1 is 1.24 bits per heavy atom. The Kier molecular flexibility index (Phi) is 4.70. The van der Waals surface area contributed by atoms with Crippen molar-refractivity contribution in [2.75, 3.05) is 7.11 Å². The molecule has 3 heterocycles. The van der Waals surface area contributed by atoms with Gasteiger partial charge in [-0.3, -0.25) is 9.59 Å². The summed E-state index contributed by atoms with van der Waals surface area (Å²) in [5.74, 6) is 0.183. The van der Waals surface area contributed by atoms with Gasteiger partial charge in [0.1, 0.15) is 16.9 Å². The Bertz CT molecular complexity index is 1260. The van der Waals surface area contributed by atoms with Crippen molar-refractivity contribution in [2.24, 2.45) is 0 Å². The molecule has 7 heteroatoms. The van der Waals surface area contributed by atoms with Crippen LogP contribution in [0.5, 0.6) is 5.75 Å². The number of H-pyrrole nitrogens is 1. The predicted octanol–water partition coefficient (Wildman–Crippen LogP) is 4.90. The molecule has 0 aliphatic heterocycles. The number of aromatic nitrogens is 1. The summed E-state index contributed by atoms with van der Waals surface area (Å²) in [4.78, 5) is 29.9. The Morgan fingerprint density at radius 2 is 2.03 bits per heavy atom. The molecule has 0 fully saturated rings. The van der Waals surface area contributed by atoms with Gasteiger partial charge in [-0.2, -0.15) is 0 Å². The smallest absolute Gasteiger partial charge is 0.312 e. The summed E-state index contributed by atoms with van der Waals surface area (Å²) in [6.07, 6.45) is -0.0241. The van der Waals surface area contributed by atoms with E-state index in [-0.39, 0.29) is 11.8 Å². The van der Waals surface area contributed by atoms with Crippen LogP contribution >= 0.6 is 11.3 Å². The van der Waals surface area contributed by atoms with Crippen LogP contribution in [0.25, 0.3) is 32.5 Å². The van der Waals surface area contributed by atoms with Crippen molar-refractivity contribution in [3.05, 3.63) is 51.6 Å². The molecule has 1 N–H and O–H groups in total. The zero-order valence-corrected chi connectivity index (χ0v) is 17.4. The second-order valence-electron chi connectivity index (χ2n) is 7.72. The van der Waals surface area contributed by atoms with Gasteiger partial charge in [-0.25, -0.2) is 0 Å². The molecular formula is C22H21NO5S. The van der Waals surface area contributed by atoms with E-state index < -0.39 is 11.6 Å². The fourth-order valence-corrected chi connectivity index (χ4v) is 3.99. The van der Waals surface area contributed by atoms with E-state index >= 15 is 0 Å². The third kappa shape index (κ3) is 3.65. The van der Waals surface area contributed by atoms with Crippen molar-refractivity contribution < 1.29 is 18.7 Å². The van der Waals surface area contributed by atoms with Crippen LogP contribution in [0.3, 0.4) is 0 Å². The maximum atomic E-state index is 13.4. The number of rotatable bonds is 4. The SMILES string of the molecule is COc1ccc2oc3c(CC(=O)OC(C)(C)C)[nH]c(-c4cccs4)c3c(=O)c2c1. The molecule has 4 rings (SSSR count). The van der Waals surface area contributed by atoms with Crippen LogP contribution in [-0.2, 0) is 16.0 Å². The second-order valence-corrected chi connectivity index (χ2v) is 8.66. The maximum Gasteiger partial charge on any atom is 0.312 e. The molecular weight excluding hydrogens is 390 g/mol. The molecule has 0 aliphatic rings. The number of nitrogens with one attached hydrogen (secondary N) is 1. The molecule has 0 amide bonds. The Hall–Kier alpha value is -3.06. The lowest BCUT2D eigenvalue weighted by atomic mass is 10.1. The maximum absolute atomic E-state index is 13.4. The minimum Gasteiger partial charge on any atom is -0.497 e. The Labute approximate surface area is 171 Å². The standard InChI is InChI=1S/C22H21NO5S/c1-22(2,3)28-17(24)11-14-21-18(19(23-14)16-6-5-9-29-16)20(25)13-10-12(26-4)7-8-15(13)27-21/h5-10,23H,11H2,1-4H3. The highest BCUT2D eigenvalue weighted by atomic mass is 32.1. The molecule has 150 valence electrons. The van der Waals surface area contributed by atoms with E-state index in [1.54, 1.807) is 25.3 Å².